The zero-order chi connectivity index (χ0) is 13.9. The molecule has 0 saturated carbocycles. The van der Waals surface area contributed by atoms with Gasteiger partial charge in [0, 0.05) is 0 Å². The topological polar surface area (TPSA) is 113 Å². The number of aliphatic carboxylic acids is 1. The zero-order valence-electron chi connectivity index (χ0n) is 10.6. The van der Waals surface area contributed by atoms with E-state index in [4.69, 9.17) is 5.73 Å². The summed E-state index contributed by atoms with van der Waals surface area (Å²) >= 11 is 0. The summed E-state index contributed by atoms with van der Waals surface area (Å²) < 4.78 is 0. The Kier molecular flexibility index (Phi) is 4.28. The maximum absolute atomic E-state index is 11.5. The summed E-state index contributed by atoms with van der Waals surface area (Å²) in [4.78, 5) is 34.9. The Morgan fingerprint density at radius 1 is 1.44 bits per heavy atom. The van der Waals surface area contributed by atoms with E-state index in [0.29, 0.717) is 6.54 Å². The van der Waals surface area contributed by atoms with Gasteiger partial charge in [0.1, 0.15) is 6.04 Å². The van der Waals surface area contributed by atoms with Crippen LogP contribution in [0.3, 0.4) is 0 Å². The van der Waals surface area contributed by atoms with E-state index in [9.17, 15) is 19.5 Å². The number of rotatable bonds is 3. The highest BCUT2D eigenvalue weighted by Crippen LogP contribution is 2.34. The van der Waals surface area contributed by atoms with Crippen LogP contribution < -0.4 is 11.1 Å². The van der Waals surface area contributed by atoms with Crippen molar-refractivity contribution in [2.45, 2.75) is 32.7 Å². The third kappa shape index (κ3) is 3.43. The summed E-state index contributed by atoms with van der Waals surface area (Å²) in [5, 5.41) is 11.2. The highest BCUT2D eigenvalue weighted by atomic mass is 16.4. The third-order valence-corrected chi connectivity index (χ3v) is 3.22. The molecule has 1 saturated heterocycles. The summed E-state index contributed by atoms with van der Waals surface area (Å²) in [6.07, 6.45) is 1.61. The number of piperidine rings is 1. The van der Waals surface area contributed by atoms with Gasteiger partial charge < -0.3 is 10.8 Å². The molecule has 0 aliphatic carbocycles. The number of carboxylic acids is 1. The molecule has 3 amide bonds. The van der Waals surface area contributed by atoms with Crippen molar-refractivity contribution in [1.82, 2.24) is 10.2 Å². The molecule has 1 aliphatic rings. The van der Waals surface area contributed by atoms with Crippen LogP contribution >= 0.6 is 0 Å². The average molecular weight is 257 g/mol. The SMILES string of the molecule is CC1(C)CCCN(CC(=O)NC(N)=O)C1C(=O)O. The highest BCUT2D eigenvalue weighted by Gasteiger charge is 2.42. The first-order valence-corrected chi connectivity index (χ1v) is 5.80. The number of hydrogen-bond acceptors (Lipinski definition) is 4. The molecule has 1 unspecified atom stereocenters. The molecule has 0 bridgehead atoms. The molecule has 7 heteroatoms. The molecular formula is C11H19N3O4. The van der Waals surface area contributed by atoms with Crippen molar-refractivity contribution in [2.24, 2.45) is 11.1 Å². The Hall–Kier alpha value is -1.63. The summed E-state index contributed by atoms with van der Waals surface area (Å²) in [7, 11) is 0. The van der Waals surface area contributed by atoms with E-state index in [1.807, 2.05) is 19.2 Å². The summed E-state index contributed by atoms with van der Waals surface area (Å²) in [5.74, 6) is -1.53. The van der Waals surface area contributed by atoms with Crippen LogP contribution in [0.2, 0.25) is 0 Å². The number of nitrogens with two attached hydrogens (primary N) is 1. The number of nitrogens with one attached hydrogen (secondary N) is 1. The number of likely N-dealkylation sites (tertiary alicyclic amines) is 1. The predicted molar refractivity (Wildman–Crippen MR) is 63.7 cm³/mol. The van der Waals surface area contributed by atoms with Gasteiger partial charge in [-0.2, -0.15) is 0 Å². The minimum absolute atomic E-state index is 0.136. The highest BCUT2D eigenvalue weighted by molar-refractivity contribution is 5.94. The molecule has 1 atom stereocenters. The van der Waals surface area contributed by atoms with Crippen molar-refractivity contribution in [3.05, 3.63) is 0 Å². The first-order valence-electron chi connectivity index (χ1n) is 5.80. The molecule has 0 aromatic rings. The molecule has 1 aliphatic heterocycles. The zero-order valence-corrected chi connectivity index (χ0v) is 10.6. The minimum Gasteiger partial charge on any atom is -0.480 e. The van der Waals surface area contributed by atoms with Gasteiger partial charge in [0.05, 0.1) is 6.54 Å². The van der Waals surface area contributed by atoms with Gasteiger partial charge in [-0.15, -0.1) is 0 Å². The minimum atomic E-state index is -0.952. The van der Waals surface area contributed by atoms with Gasteiger partial charge in [-0.1, -0.05) is 13.8 Å². The number of carbonyl (C=O) groups is 3. The van der Waals surface area contributed by atoms with Crippen molar-refractivity contribution in [2.75, 3.05) is 13.1 Å². The Balaban J connectivity index is 2.76. The van der Waals surface area contributed by atoms with E-state index in [1.54, 1.807) is 4.90 Å². The van der Waals surface area contributed by atoms with E-state index in [-0.39, 0.29) is 6.54 Å². The smallest absolute Gasteiger partial charge is 0.321 e. The number of carboxylic acid groups (broad SMARTS) is 1. The van der Waals surface area contributed by atoms with Crippen molar-refractivity contribution in [1.29, 1.82) is 0 Å². The van der Waals surface area contributed by atoms with Crippen molar-refractivity contribution < 1.29 is 19.5 Å². The summed E-state index contributed by atoms with van der Waals surface area (Å²) in [6.45, 7) is 4.11. The molecule has 1 rings (SSSR count). The van der Waals surface area contributed by atoms with E-state index in [2.05, 4.69) is 0 Å². The van der Waals surface area contributed by atoms with E-state index < -0.39 is 29.4 Å². The lowest BCUT2D eigenvalue weighted by molar-refractivity contribution is -0.151. The Labute approximate surface area is 105 Å². The van der Waals surface area contributed by atoms with Gasteiger partial charge in [-0.3, -0.25) is 19.8 Å². The standard InChI is InChI=1S/C11H19N3O4/c1-11(2)4-3-5-14(8(11)9(16)17)6-7(15)13-10(12)18/h8H,3-6H2,1-2H3,(H,16,17)(H3,12,13,15,18). The normalized spacial score (nSPS) is 23.3. The fourth-order valence-corrected chi connectivity index (χ4v) is 2.52. The first-order chi connectivity index (χ1) is 8.24. The van der Waals surface area contributed by atoms with Gasteiger partial charge >= 0.3 is 12.0 Å². The van der Waals surface area contributed by atoms with Gasteiger partial charge in [0.15, 0.2) is 0 Å². The Morgan fingerprint density at radius 3 is 2.56 bits per heavy atom. The number of nitrogens with zero attached hydrogens (tertiary/aromatic N) is 1. The molecule has 0 radical (unpaired) electrons. The molecule has 0 aromatic heterocycles. The van der Waals surface area contributed by atoms with E-state index in [0.717, 1.165) is 12.8 Å². The van der Waals surface area contributed by atoms with Crippen LogP contribution in [-0.4, -0.2) is 47.0 Å². The van der Waals surface area contributed by atoms with Crippen LogP contribution in [-0.2, 0) is 9.59 Å². The van der Waals surface area contributed by atoms with Crippen LogP contribution in [0.5, 0.6) is 0 Å². The van der Waals surface area contributed by atoms with Gasteiger partial charge in [-0.25, -0.2) is 4.79 Å². The van der Waals surface area contributed by atoms with Crippen molar-refractivity contribution in [3.8, 4) is 0 Å². The largest absolute Gasteiger partial charge is 0.480 e. The second-order valence-electron chi connectivity index (χ2n) is 5.22. The van der Waals surface area contributed by atoms with E-state index >= 15 is 0 Å². The number of urea groups is 1. The molecule has 1 heterocycles. The molecule has 4 N–H and O–H groups in total. The molecule has 0 spiro atoms. The maximum Gasteiger partial charge on any atom is 0.321 e. The quantitative estimate of drug-likeness (QED) is 0.645. The van der Waals surface area contributed by atoms with Gasteiger partial charge in [-0.05, 0) is 24.8 Å². The lowest BCUT2D eigenvalue weighted by Gasteiger charge is -2.43. The fraction of sp³-hybridized carbons (Fsp3) is 0.727. The number of amides is 3. The second kappa shape index (κ2) is 5.34. The second-order valence-corrected chi connectivity index (χ2v) is 5.22. The van der Waals surface area contributed by atoms with Crippen LogP contribution in [0.4, 0.5) is 4.79 Å². The summed E-state index contributed by atoms with van der Waals surface area (Å²) in [5.41, 5.74) is 4.43. The van der Waals surface area contributed by atoms with E-state index in [1.165, 1.54) is 0 Å². The Morgan fingerprint density at radius 2 is 2.06 bits per heavy atom. The number of carbonyl (C=O) groups excluding carboxylic acids is 2. The third-order valence-electron chi connectivity index (χ3n) is 3.22. The number of primary amides is 1. The van der Waals surface area contributed by atoms with Crippen molar-refractivity contribution >= 4 is 17.9 Å². The van der Waals surface area contributed by atoms with Crippen molar-refractivity contribution in [3.63, 3.8) is 0 Å². The predicted octanol–water partition coefficient (Wildman–Crippen LogP) is -0.243. The van der Waals surface area contributed by atoms with Crippen LogP contribution in [0, 0.1) is 5.41 Å². The lowest BCUT2D eigenvalue weighted by atomic mass is 9.76. The van der Waals surface area contributed by atoms with Crippen LogP contribution in [0.15, 0.2) is 0 Å². The molecule has 0 aromatic carbocycles. The van der Waals surface area contributed by atoms with Gasteiger partial charge in [0.25, 0.3) is 0 Å². The molecule has 7 nitrogen and oxygen atoms in total. The number of hydrogen-bond donors (Lipinski definition) is 3. The maximum atomic E-state index is 11.5. The average Bonchev–Trinajstić information content (AvgIpc) is 2.13. The molecule has 18 heavy (non-hydrogen) atoms. The monoisotopic (exact) mass is 257 g/mol. The van der Waals surface area contributed by atoms with Crippen LogP contribution in [0.25, 0.3) is 0 Å². The first kappa shape index (κ1) is 14.4. The van der Waals surface area contributed by atoms with Crippen LogP contribution in [0.1, 0.15) is 26.7 Å². The molecule has 1 fully saturated rings. The molecule has 102 valence electrons. The van der Waals surface area contributed by atoms with Gasteiger partial charge in [0.2, 0.25) is 5.91 Å². The lowest BCUT2D eigenvalue weighted by Crippen LogP contribution is -2.57. The molecular weight excluding hydrogens is 238 g/mol. The fourth-order valence-electron chi connectivity index (χ4n) is 2.52. The Bertz CT molecular complexity index is 367. The number of imide groups is 1. The summed E-state index contributed by atoms with van der Waals surface area (Å²) in [6, 6.07) is -1.66.